The quantitative estimate of drug-likeness (QED) is 0.542. The summed E-state index contributed by atoms with van der Waals surface area (Å²) in [7, 11) is 1.30. The molecule has 1 unspecified atom stereocenters. The van der Waals surface area contributed by atoms with Crippen molar-refractivity contribution in [2.24, 2.45) is 0 Å². The molecule has 13 heavy (non-hydrogen) atoms. The van der Waals surface area contributed by atoms with Gasteiger partial charge < -0.3 is 14.4 Å². The van der Waals surface area contributed by atoms with Gasteiger partial charge in [0.2, 0.25) is 5.91 Å². The summed E-state index contributed by atoms with van der Waals surface area (Å²) in [6, 6.07) is 0. The van der Waals surface area contributed by atoms with Gasteiger partial charge in [0, 0.05) is 6.54 Å². The Morgan fingerprint density at radius 3 is 3.08 bits per heavy atom. The Kier molecular flexibility index (Phi) is 3.25. The highest BCUT2D eigenvalue weighted by atomic mass is 16.5. The Hall–Kier alpha value is -1.10. The molecule has 1 aliphatic rings. The van der Waals surface area contributed by atoms with Gasteiger partial charge in [0.05, 0.1) is 13.2 Å². The first-order valence-corrected chi connectivity index (χ1v) is 4.09. The predicted molar refractivity (Wildman–Crippen MR) is 44.0 cm³/mol. The van der Waals surface area contributed by atoms with Crippen LogP contribution in [0.3, 0.4) is 0 Å². The van der Waals surface area contributed by atoms with Crippen molar-refractivity contribution in [1.29, 1.82) is 0 Å². The second kappa shape index (κ2) is 4.23. The van der Waals surface area contributed by atoms with Crippen molar-refractivity contribution >= 4 is 11.9 Å². The van der Waals surface area contributed by atoms with E-state index in [1.165, 1.54) is 12.0 Å². The number of morpholine rings is 1. The number of esters is 1. The minimum absolute atomic E-state index is 0.0117. The zero-order valence-electron chi connectivity index (χ0n) is 7.78. The average Bonchev–Trinajstić information content (AvgIpc) is 2.11. The summed E-state index contributed by atoms with van der Waals surface area (Å²) in [6.45, 7) is 2.38. The second-order valence-corrected chi connectivity index (χ2v) is 2.97. The Labute approximate surface area is 76.6 Å². The van der Waals surface area contributed by atoms with E-state index in [0.29, 0.717) is 6.54 Å². The summed E-state index contributed by atoms with van der Waals surface area (Å²) in [5.41, 5.74) is 0. The topological polar surface area (TPSA) is 55.8 Å². The molecule has 5 heteroatoms. The zero-order valence-corrected chi connectivity index (χ0v) is 7.78. The maximum absolute atomic E-state index is 11.2. The lowest BCUT2D eigenvalue weighted by Gasteiger charge is -2.29. The molecule has 1 rings (SSSR count). The van der Waals surface area contributed by atoms with E-state index < -0.39 is 5.97 Å². The molecular formula is C8H13NO4. The summed E-state index contributed by atoms with van der Waals surface area (Å²) in [6.07, 6.45) is -0.0117. The van der Waals surface area contributed by atoms with Gasteiger partial charge in [-0.1, -0.05) is 0 Å². The Morgan fingerprint density at radius 2 is 2.46 bits per heavy atom. The Morgan fingerprint density at radius 1 is 1.77 bits per heavy atom. The Bertz CT molecular complexity index is 216. The molecule has 0 bridgehead atoms. The minimum Gasteiger partial charge on any atom is -0.468 e. The average molecular weight is 187 g/mol. The van der Waals surface area contributed by atoms with E-state index in [1.54, 1.807) is 0 Å². The highest BCUT2D eigenvalue weighted by Crippen LogP contribution is 2.05. The van der Waals surface area contributed by atoms with Crippen LogP contribution < -0.4 is 0 Å². The van der Waals surface area contributed by atoms with Crippen molar-refractivity contribution in [3.8, 4) is 0 Å². The van der Waals surface area contributed by atoms with Crippen LogP contribution in [0.15, 0.2) is 0 Å². The third-order valence-corrected chi connectivity index (χ3v) is 1.87. The fourth-order valence-electron chi connectivity index (χ4n) is 1.14. The van der Waals surface area contributed by atoms with Crippen LogP contribution >= 0.6 is 0 Å². The number of nitrogens with zero attached hydrogens (tertiary/aromatic N) is 1. The van der Waals surface area contributed by atoms with Gasteiger partial charge in [-0.3, -0.25) is 9.59 Å². The van der Waals surface area contributed by atoms with Crippen LogP contribution in [0.25, 0.3) is 0 Å². The molecule has 1 aliphatic heterocycles. The number of hydrogen-bond donors (Lipinski definition) is 0. The molecule has 0 N–H and O–H groups in total. The standard InChI is InChI=1S/C8H13NO4/c1-6-3-9(4-8(11)12-2)7(10)5-13-6/h6H,3-5H2,1-2H3. The molecule has 1 amide bonds. The number of carbonyl (C=O) groups excluding carboxylic acids is 2. The lowest BCUT2D eigenvalue weighted by Crippen LogP contribution is -2.47. The van der Waals surface area contributed by atoms with E-state index in [4.69, 9.17) is 4.74 Å². The molecule has 1 fully saturated rings. The fraction of sp³-hybridized carbons (Fsp3) is 0.750. The number of amides is 1. The van der Waals surface area contributed by atoms with Crippen molar-refractivity contribution in [3.63, 3.8) is 0 Å². The monoisotopic (exact) mass is 187 g/mol. The first kappa shape index (κ1) is 9.98. The molecule has 74 valence electrons. The minimum atomic E-state index is -0.401. The fourth-order valence-corrected chi connectivity index (χ4v) is 1.14. The maximum Gasteiger partial charge on any atom is 0.325 e. The van der Waals surface area contributed by atoms with Crippen LogP contribution in [0, 0.1) is 0 Å². The molecule has 5 nitrogen and oxygen atoms in total. The van der Waals surface area contributed by atoms with E-state index in [-0.39, 0.29) is 25.2 Å². The van der Waals surface area contributed by atoms with Crippen LogP contribution in [0.1, 0.15) is 6.92 Å². The predicted octanol–water partition coefficient (Wildman–Crippen LogP) is -0.593. The van der Waals surface area contributed by atoms with Gasteiger partial charge in [-0.2, -0.15) is 0 Å². The van der Waals surface area contributed by atoms with Crippen molar-refractivity contribution in [2.45, 2.75) is 13.0 Å². The summed E-state index contributed by atoms with van der Waals surface area (Å²) >= 11 is 0. The molecule has 0 aromatic heterocycles. The molecule has 1 atom stereocenters. The van der Waals surface area contributed by atoms with E-state index in [0.717, 1.165) is 0 Å². The van der Waals surface area contributed by atoms with Crippen molar-refractivity contribution < 1.29 is 19.1 Å². The number of hydrogen-bond acceptors (Lipinski definition) is 4. The summed E-state index contributed by atoms with van der Waals surface area (Å²) < 4.78 is 9.56. The van der Waals surface area contributed by atoms with E-state index >= 15 is 0 Å². The highest BCUT2D eigenvalue weighted by Gasteiger charge is 2.25. The normalized spacial score (nSPS) is 23.1. The van der Waals surface area contributed by atoms with Gasteiger partial charge >= 0.3 is 5.97 Å². The molecule has 0 spiro atoms. The van der Waals surface area contributed by atoms with Crippen molar-refractivity contribution in [3.05, 3.63) is 0 Å². The number of ether oxygens (including phenoxy) is 2. The zero-order chi connectivity index (χ0) is 9.84. The molecule has 1 heterocycles. The summed E-state index contributed by atoms with van der Waals surface area (Å²) in [4.78, 5) is 23.5. The maximum atomic E-state index is 11.2. The van der Waals surface area contributed by atoms with Gasteiger partial charge in [-0.05, 0) is 6.92 Å². The van der Waals surface area contributed by atoms with E-state index in [9.17, 15) is 9.59 Å². The van der Waals surface area contributed by atoms with Gasteiger partial charge in [-0.25, -0.2) is 0 Å². The number of carbonyl (C=O) groups is 2. The Balaban J connectivity index is 2.46. The molecular weight excluding hydrogens is 174 g/mol. The van der Waals surface area contributed by atoms with E-state index in [2.05, 4.69) is 4.74 Å². The molecule has 0 aromatic carbocycles. The first-order valence-electron chi connectivity index (χ1n) is 4.09. The lowest BCUT2D eigenvalue weighted by molar-refractivity contribution is -0.156. The number of rotatable bonds is 2. The van der Waals surface area contributed by atoms with Crippen LogP contribution in [0.2, 0.25) is 0 Å². The largest absolute Gasteiger partial charge is 0.468 e. The van der Waals surface area contributed by atoms with Gasteiger partial charge in [-0.15, -0.1) is 0 Å². The van der Waals surface area contributed by atoms with Gasteiger partial charge in [0.1, 0.15) is 13.2 Å². The van der Waals surface area contributed by atoms with Crippen molar-refractivity contribution in [1.82, 2.24) is 4.90 Å². The lowest BCUT2D eigenvalue weighted by atomic mass is 10.3. The van der Waals surface area contributed by atoms with Crippen molar-refractivity contribution in [2.75, 3.05) is 26.8 Å². The third-order valence-electron chi connectivity index (χ3n) is 1.87. The summed E-state index contributed by atoms with van der Waals surface area (Å²) in [5.74, 6) is -0.564. The highest BCUT2D eigenvalue weighted by molar-refractivity contribution is 5.83. The molecule has 0 aliphatic carbocycles. The molecule has 0 radical (unpaired) electrons. The molecule has 0 saturated carbocycles. The van der Waals surface area contributed by atoms with Gasteiger partial charge in [0.25, 0.3) is 0 Å². The first-order chi connectivity index (χ1) is 6.13. The van der Waals surface area contributed by atoms with Crippen LogP contribution in [-0.4, -0.2) is 49.7 Å². The van der Waals surface area contributed by atoms with Crippen LogP contribution in [-0.2, 0) is 19.1 Å². The van der Waals surface area contributed by atoms with E-state index in [1.807, 2.05) is 6.92 Å². The van der Waals surface area contributed by atoms with Crippen LogP contribution in [0.4, 0.5) is 0 Å². The SMILES string of the molecule is COC(=O)CN1CC(C)OCC1=O. The molecule has 1 saturated heterocycles. The smallest absolute Gasteiger partial charge is 0.325 e. The number of methoxy groups -OCH3 is 1. The molecule has 0 aromatic rings. The van der Waals surface area contributed by atoms with Gasteiger partial charge in [0.15, 0.2) is 0 Å². The third kappa shape index (κ3) is 2.69. The summed E-state index contributed by atoms with van der Waals surface area (Å²) in [5, 5.41) is 0. The second-order valence-electron chi connectivity index (χ2n) is 2.97. The van der Waals surface area contributed by atoms with Crippen LogP contribution in [0.5, 0.6) is 0 Å².